The van der Waals surface area contributed by atoms with Crippen LogP contribution < -0.4 is 4.72 Å². The molecule has 0 aliphatic heterocycles. The van der Waals surface area contributed by atoms with Crippen molar-refractivity contribution in [2.24, 2.45) is 5.92 Å². The second-order valence-electron chi connectivity index (χ2n) is 4.37. The summed E-state index contributed by atoms with van der Waals surface area (Å²) in [6.45, 7) is 3.40. The van der Waals surface area contributed by atoms with Crippen LogP contribution in [0.5, 0.6) is 0 Å². The van der Waals surface area contributed by atoms with Gasteiger partial charge < -0.3 is 5.11 Å². The van der Waals surface area contributed by atoms with Crippen LogP contribution in [0.3, 0.4) is 0 Å². The molecule has 7 heteroatoms. The molecule has 0 aliphatic carbocycles. The average Bonchev–Trinajstić information content (AvgIpc) is 2.38. The van der Waals surface area contributed by atoms with Crippen molar-refractivity contribution in [3.63, 3.8) is 0 Å². The largest absolute Gasteiger partial charge is 0.395 e. The van der Waals surface area contributed by atoms with E-state index in [1.54, 1.807) is 0 Å². The zero-order valence-electron chi connectivity index (χ0n) is 10.7. The van der Waals surface area contributed by atoms with E-state index >= 15 is 0 Å². The van der Waals surface area contributed by atoms with E-state index in [1.165, 1.54) is 12.1 Å². The number of aliphatic hydroxyl groups is 1. The van der Waals surface area contributed by atoms with Gasteiger partial charge in [-0.1, -0.05) is 31.9 Å². The van der Waals surface area contributed by atoms with Crippen molar-refractivity contribution in [1.29, 1.82) is 0 Å². The molecule has 4 nitrogen and oxygen atoms in total. The van der Waals surface area contributed by atoms with Crippen LogP contribution in [0.4, 0.5) is 4.39 Å². The SMILES string of the molecule is CC[C@H](C)[C@@H](CO)NS(=O)(=O)c1ccc(Cl)c(F)c1. The predicted molar refractivity (Wildman–Crippen MR) is 72.1 cm³/mol. The first kappa shape index (κ1) is 16.4. The molecule has 2 atom stereocenters. The molecule has 0 unspecified atom stereocenters. The fraction of sp³-hybridized carbons (Fsp3) is 0.500. The van der Waals surface area contributed by atoms with Crippen LogP contribution >= 0.6 is 11.6 Å². The highest BCUT2D eigenvalue weighted by atomic mass is 35.5. The Labute approximate surface area is 117 Å². The predicted octanol–water partition coefficient (Wildman–Crippen LogP) is 2.16. The number of halogens is 2. The molecule has 0 saturated heterocycles. The van der Waals surface area contributed by atoms with E-state index in [9.17, 15) is 17.9 Å². The lowest BCUT2D eigenvalue weighted by Crippen LogP contribution is -2.41. The van der Waals surface area contributed by atoms with Crippen molar-refractivity contribution in [2.75, 3.05) is 6.61 Å². The van der Waals surface area contributed by atoms with Gasteiger partial charge in [0.05, 0.1) is 16.5 Å². The molecule has 0 fully saturated rings. The molecule has 1 aromatic carbocycles. The van der Waals surface area contributed by atoms with Crippen LogP contribution in [-0.2, 0) is 10.0 Å². The minimum Gasteiger partial charge on any atom is -0.395 e. The first-order chi connectivity index (χ1) is 8.81. The summed E-state index contributed by atoms with van der Waals surface area (Å²) in [6, 6.07) is 2.66. The molecule has 0 saturated carbocycles. The Balaban J connectivity index is 3.00. The first-order valence-corrected chi connectivity index (χ1v) is 7.76. The molecular weight excluding hydrogens is 293 g/mol. The highest BCUT2D eigenvalue weighted by Gasteiger charge is 2.23. The Morgan fingerprint density at radius 3 is 2.58 bits per heavy atom. The van der Waals surface area contributed by atoms with Crippen LogP contribution in [0.1, 0.15) is 20.3 Å². The lowest BCUT2D eigenvalue weighted by molar-refractivity contribution is 0.219. The zero-order valence-corrected chi connectivity index (χ0v) is 12.3. The van der Waals surface area contributed by atoms with Gasteiger partial charge in [-0.3, -0.25) is 0 Å². The minimum absolute atomic E-state index is 0.0306. The number of aliphatic hydroxyl groups excluding tert-OH is 1. The molecule has 0 spiro atoms. The lowest BCUT2D eigenvalue weighted by atomic mass is 10.0. The second kappa shape index (κ2) is 6.65. The summed E-state index contributed by atoms with van der Waals surface area (Å²) in [6.07, 6.45) is 0.711. The van der Waals surface area contributed by atoms with Gasteiger partial charge in [0.25, 0.3) is 0 Å². The van der Waals surface area contributed by atoms with Gasteiger partial charge in [-0.15, -0.1) is 0 Å². The van der Waals surface area contributed by atoms with E-state index in [-0.39, 0.29) is 22.4 Å². The maximum atomic E-state index is 13.3. The summed E-state index contributed by atoms with van der Waals surface area (Å²) in [5.41, 5.74) is 0. The number of hydrogen-bond donors (Lipinski definition) is 2. The lowest BCUT2D eigenvalue weighted by Gasteiger charge is -2.22. The molecule has 19 heavy (non-hydrogen) atoms. The van der Waals surface area contributed by atoms with E-state index < -0.39 is 21.9 Å². The van der Waals surface area contributed by atoms with E-state index in [0.29, 0.717) is 6.42 Å². The first-order valence-electron chi connectivity index (χ1n) is 5.90. The molecule has 0 amide bonds. The molecule has 1 aromatic rings. The molecule has 0 aromatic heterocycles. The Kier molecular flexibility index (Phi) is 5.73. The Morgan fingerprint density at radius 1 is 1.47 bits per heavy atom. The van der Waals surface area contributed by atoms with Crippen molar-refractivity contribution in [3.05, 3.63) is 29.0 Å². The monoisotopic (exact) mass is 309 g/mol. The molecule has 0 heterocycles. The number of hydrogen-bond acceptors (Lipinski definition) is 3. The van der Waals surface area contributed by atoms with E-state index in [2.05, 4.69) is 4.72 Å². The normalized spacial score (nSPS) is 15.2. The standard InChI is InChI=1S/C12H17ClFNO3S/c1-3-8(2)12(7-16)15-19(17,18)9-4-5-10(13)11(14)6-9/h4-6,8,12,15-16H,3,7H2,1-2H3/t8-,12+/m0/s1. The third-order valence-corrected chi connectivity index (χ3v) is 4.83. The second-order valence-corrected chi connectivity index (χ2v) is 6.49. The summed E-state index contributed by atoms with van der Waals surface area (Å²) in [7, 11) is -3.87. The molecule has 0 radical (unpaired) electrons. The highest BCUT2D eigenvalue weighted by molar-refractivity contribution is 7.89. The van der Waals surface area contributed by atoms with E-state index in [1.807, 2.05) is 13.8 Å². The van der Waals surface area contributed by atoms with Crippen LogP contribution in [0.25, 0.3) is 0 Å². The summed E-state index contributed by atoms with van der Waals surface area (Å²) in [5.74, 6) is -0.828. The van der Waals surface area contributed by atoms with Crippen LogP contribution in [-0.4, -0.2) is 26.2 Å². The van der Waals surface area contributed by atoms with Crippen LogP contribution in [0.2, 0.25) is 5.02 Å². The fourth-order valence-corrected chi connectivity index (χ4v) is 2.99. The summed E-state index contributed by atoms with van der Waals surface area (Å²) in [4.78, 5) is -0.212. The van der Waals surface area contributed by atoms with Crippen LogP contribution in [0.15, 0.2) is 23.1 Å². The zero-order chi connectivity index (χ0) is 14.6. The minimum atomic E-state index is -3.87. The van der Waals surface area contributed by atoms with Gasteiger partial charge in [-0.05, 0) is 24.1 Å². The third-order valence-electron chi connectivity index (χ3n) is 3.04. The maximum absolute atomic E-state index is 13.3. The van der Waals surface area contributed by atoms with Crippen molar-refractivity contribution >= 4 is 21.6 Å². The smallest absolute Gasteiger partial charge is 0.241 e. The van der Waals surface area contributed by atoms with Gasteiger partial charge in [0.1, 0.15) is 5.82 Å². The Morgan fingerprint density at radius 2 is 2.11 bits per heavy atom. The average molecular weight is 310 g/mol. The Bertz CT molecular complexity index is 536. The van der Waals surface area contributed by atoms with Gasteiger partial charge in [-0.25, -0.2) is 17.5 Å². The number of rotatable bonds is 6. The van der Waals surface area contributed by atoms with Crippen molar-refractivity contribution in [2.45, 2.75) is 31.2 Å². The molecule has 108 valence electrons. The molecule has 2 N–H and O–H groups in total. The van der Waals surface area contributed by atoms with E-state index in [0.717, 1.165) is 6.07 Å². The topological polar surface area (TPSA) is 66.4 Å². The quantitative estimate of drug-likeness (QED) is 0.846. The Hall–Kier alpha value is -0.690. The number of sulfonamides is 1. The van der Waals surface area contributed by atoms with Crippen LogP contribution in [0, 0.1) is 11.7 Å². The van der Waals surface area contributed by atoms with Gasteiger partial charge in [-0.2, -0.15) is 0 Å². The van der Waals surface area contributed by atoms with Gasteiger partial charge >= 0.3 is 0 Å². The molecule has 0 bridgehead atoms. The molecule has 0 aliphatic rings. The highest BCUT2D eigenvalue weighted by Crippen LogP contribution is 2.19. The van der Waals surface area contributed by atoms with E-state index in [4.69, 9.17) is 11.6 Å². The third kappa shape index (κ3) is 4.14. The molecule has 1 rings (SSSR count). The van der Waals surface area contributed by atoms with Crippen molar-refractivity contribution in [1.82, 2.24) is 4.72 Å². The summed E-state index contributed by atoms with van der Waals surface area (Å²) in [5, 5.41) is 9.08. The number of benzene rings is 1. The maximum Gasteiger partial charge on any atom is 0.241 e. The number of nitrogens with one attached hydrogen (secondary N) is 1. The molecular formula is C12H17ClFNO3S. The van der Waals surface area contributed by atoms with Crippen molar-refractivity contribution in [3.8, 4) is 0 Å². The fourth-order valence-electron chi connectivity index (χ4n) is 1.53. The van der Waals surface area contributed by atoms with Gasteiger partial charge in [0, 0.05) is 6.04 Å². The van der Waals surface area contributed by atoms with Crippen molar-refractivity contribution < 1.29 is 17.9 Å². The van der Waals surface area contributed by atoms with Gasteiger partial charge in [0.2, 0.25) is 10.0 Å². The van der Waals surface area contributed by atoms with Gasteiger partial charge in [0.15, 0.2) is 0 Å². The summed E-state index contributed by atoms with van der Waals surface area (Å²) >= 11 is 5.51. The summed E-state index contributed by atoms with van der Waals surface area (Å²) < 4.78 is 39.8.